The molecule has 0 radical (unpaired) electrons. The first-order valence-electron chi connectivity index (χ1n) is 17.1. The fourth-order valence-electron chi connectivity index (χ4n) is 6.11. The Balaban J connectivity index is 1.09. The number of ketones is 1. The lowest BCUT2D eigenvalue weighted by Crippen LogP contribution is -2.37. The van der Waals surface area contributed by atoms with Crippen molar-refractivity contribution < 1.29 is 32.5 Å². The van der Waals surface area contributed by atoms with E-state index in [1.54, 1.807) is 42.5 Å². The summed E-state index contributed by atoms with van der Waals surface area (Å²) in [7, 11) is 5.19. The normalized spacial score (nSPS) is 13.4. The van der Waals surface area contributed by atoms with Gasteiger partial charge < -0.3 is 23.8 Å². The molecule has 53 heavy (non-hydrogen) atoms. The molecule has 1 fully saturated rings. The zero-order chi connectivity index (χ0) is 37.1. The van der Waals surface area contributed by atoms with E-state index >= 15 is 4.39 Å². The average Bonchev–Trinajstić information content (AvgIpc) is 3.59. The SMILES string of the molecule is COc1cc2c(Oc3ccc(CC(=O)c4cc5nc(N(C)C)sc5n(-c5ccc(F)cc5)c4=O)cc3F)ccnc2cc1OCCCN1CCOCC1. The van der Waals surface area contributed by atoms with Gasteiger partial charge in [-0.1, -0.05) is 17.4 Å². The molecule has 11 nitrogen and oxygen atoms in total. The summed E-state index contributed by atoms with van der Waals surface area (Å²) in [4.78, 5) is 41.2. The number of carbonyl (C=O) groups excluding carboxylic acids is 1. The Morgan fingerprint density at radius 2 is 1.74 bits per heavy atom. The lowest BCUT2D eigenvalue weighted by atomic mass is 10.0. The topological polar surface area (TPSA) is 108 Å². The van der Waals surface area contributed by atoms with E-state index in [4.69, 9.17) is 18.9 Å². The molecule has 1 saturated heterocycles. The van der Waals surface area contributed by atoms with Gasteiger partial charge in [-0.3, -0.25) is 24.0 Å². The number of anilines is 1. The Morgan fingerprint density at radius 3 is 2.47 bits per heavy atom. The van der Waals surface area contributed by atoms with Crippen LogP contribution in [-0.2, 0) is 11.2 Å². The van der Waals surface area contributed by atoms with Crippen LogP contribution in [0.5, 0.6) is 23.0 Å². The third kappa shape index (κ3) is 7.84. The van der Waals surface area contributed by atoms with E-state index < -0.39 is 23.0 Å². The summed E-state index contributed by atoms with van der Waals surface area (Å²) < 4.78 is 53.8. The van der Waals surface area contributed by atoms with Crippen LogP contribution in [-0.4, -0.2) is 85.9 Å². The van der Waals surface area contributed by atoms with Gasteiger partial charge in [-0.15, -0.1) is 0 Å². The first kappa shape index (κ1) is 35.9. The number of hydrogen-bond donors (Lipinski definition) is 0. The molecule has 0 spiro atoms. The molecular formula is C39H37F2N5O6S. The minimum atomic E-state index is -0.693. The predicted octanol–water partition coefficient (Wildman–Crippen LogP) is 6.67. The first-order chi connectivity index (χ1) is 25.7. The van der Waals surface area contributed by atoms with Gasteiger partial charge in [-0.05, 0) is 66.6 Å². The number of pyridine rings is 2. The highest BCUT2D eigenvalue weighted by molar-refractivity contribution is 7.21. The molecular weight excluding hydrogens is 705 g/mol. The molecule has 0 bridgehead atoms. The second-order valence-electron chi connectivity index (χ2n) is 12.7. The molecule has 0 aliphatic carbocycles. The van der Waals surface area contributed by atoms with E-state index in [0.717, 1.165) is 39.3 Å². The highest BCUT2D eigenvalue weighted by atomic mass is 32.1. The second-order valence-corrected chi connectivity index (χ2v) is 13.7. The second kappa shape index (κ2) is 15.7. The maximum atomic E-state index is 15.6. The van der Waals surface area contributed by atoms with Crippen LogP contribution in [0.3, 0.4) is 0 Å². The molecule has 1 aliphatic heterocycles. The highest BCUT2D eigenvalue weighted by Crippen LogP contribution is 2.38. The number of benzene rings is 3. The molecule has 274 valence electrons. The smallest absolute Gasteiger partial charge is 0.267 e. The third-order valence-electron chi connectivity index (χ3n) is 8.86. The lowest BCUT2D eigenvalue weighted by molar-refractivity contribution is 0.0357. The molecule has 0 N–H and O–H groups in total. The van der Waals surface area contributed by atoms with Crippen LogP contribution in [0.1, 0.15) is 22.3 Å². The Hall–Kier alpha value is -5.44. The molecule has 1 aliphatic rings. The number of nitrogens with zero attached hydrogens (tertiary/aromatic N) is 5. The average molecular weight is 742 g/mol. The zero-order valence-corrected chi connectivity index (χ0v) is 30.3. The molecule has 0 atom stereocenters. The van der Waals surface area contributed by atoms with Crippen molar-refractivity contribution in [2.45, 2.75) is 12.8 Å². The lowest BCUT2D eigenvalue weighted by Gasteiger charge is -2.26. The van der Waals surface area contributed by atoms with Crippen molar-refractivity contribution in [3.63, 3.8) is 0 Å². The summed E-state index contributed by atoms with van der Waals surface area (Å²) in [6, 6.07) is 16.3. The summed E-state index contributed by atoms with van der Waals surface area (Å²) in [5.74, 6) is -0.348. The molecule has 7 rings (SSSR count). The Bertz CT molecular complexity index is 2340. The van der Waals surface area contributed by atoms with Gasteiger partial charge in [0.25, 0.3) is 5.56 Å². The number of halogens is 2. The summed E-state index contributed by atoms with van der Waals surface area (Å²) >= 11 is 1.27. The number of carbonyl (C=O) groups is 1. The van der Waals surface area contributed by atoms with E-state index in [1.807, 2.05) is 14.1 Å². The maximum Gasteiger partial charge on any atom is 0.267 e. The largest absolute Gasteiger partial charge is 0.493 e. The van der Waals surface area contributed by atoms with Crippen LogP contribution in [0, 0.1) is 11.6 Å². The number of rotatable bonds is 13. The fraction of sp³-hybridized carbons (Fsp3) is 0.282. The van der Waals surface area contributed by atoms with Crippen LogP contribution >= 0.6 is 11.3 Å². The standard InChI is InChI=1S/C39H37F2N5O6S/c1-44(2)39-43-31-21-28(37(48)46(38(31)53-39)26-8-6-25(40)7-9-26)32(47)20-24-5-10-34(29(41)19-24)52-33-11-12-42-30-23-36(35(49-3)22-27(30)33)51-16-4-13-45-14-17-50-18-15-45/h5-12,19,21-23H,4,13-18,20H2,1-3H3. The molecule has 3 aromatic carbocycles. The number of morpholine rings is 1. The number of aromatic nitrogens is 3. The summed E-state index contributed by atoms with van der Waals surface area (Å²) in [5, 5.41) is 1.22. The van der Waals surface area contributed by atoms with E-state index in [0.29, 0.717) is 61.5 Å². The molecule has 6 aromatic rings. The number of ether oxygens (including phenoxy) is 4. The highest BCUT2D eigenvalue weighted by Gasteiger charge is 2.22. The number of hydrogen-bond acceptors (Lipinski definition) is 11. The van der Waals surface area contributed by atoms with Gasteiger partial charge in [0.15, 0.2) is 34.0 Å². The van der Waals surface area contributed by atoms with Gasteiger partial charge in [0.1, 0.15) is 21.9 Å². The van der Waals surface area contributed by atoms with Crippen molar-refractivity contribution in [1.29, 1.82) is 0 Å². The van der Waals surface area contributed by atoms with Crippen molar-refractivity contribution in [3.05, 3.63) is 106 Å². The van der Waals surface area contributed by atoms with Crippen molar-refractivity contribution in [2.24, 2.45) is 0 Å². The van der Waals surface area contributed by atoms with Gasteiger partial charge >= 0.3 is 0 Å². The van der Waals surface area contributed by atoms with E-state index in [1.165, 1.54) is 58.4 Å². The molecule has 3 aromatic heterocycles. The molecule has 0 amide bonds. The van der Waals surface area contributed by atoms with Gasteiger partial charge in [-0.2, -0.15) is 0 Å². The first-order valence-corrected chi connectivity index (χ1v) is 17.9. The van der Waals surface area contributed by atoms with Crippen LogP contribution < -0.4 is 24.7 Å². The predicted molar refractivity (Wildman–Crippen MR) is 200 cm³/mol. The number of fused-ring (bicyclic) bond motifs is 2. The quantitative estimate of drug-likeness (QED) is 0.0942. The minimum absolute atomic E-state index is 0.0603. The van der Waals surface area contributed by atoms with E-state index in [-0.39, 0.29) is 17.7 Å². The Labute approximate surface area is 307 Å². The van der Waals surface area contributed by atoms with Crippen molar-refractivity contribution in [2.75, 3.05) is 65.6 Å². The van der Waals surface area contributed by atoms with Gasteiger partial charge in [0, 0.05) is 57.8 Å². The van der Waals surface area contributed by atoms with E-state index in [9.17, 15) is 14.0 Å². The van der Waals surface area contributed by atoms with E-state index in [2.05, 4.69) is 14.9 Å². The van der Waals surface area contributed by atoms with Crippen LogP contribution in [0.25, 0.3) is 26.9 Å². The molecule has 0 unspecified atom stereocenters. The zero-order valence-electron chi connectivity index (χ0n) is 29.4. The Morgan fingerprint density at radius 1 is 0.943 bits per heavy atom. The number of methoxy groups -OCH3 is 1. The molecule has 0 saturated carbocycles. The van der Waals surface area contributed by atoms with Gasteiger partial charge in [0.05, 0.1) is 43.7 Å². The number of thiazole rings is 1. The Kier molecular flexibility index (Phi) is 10.6. The molecule has 4 heterocycles. The summed E-state index contributed by atoms with van der Waals surface area (Å²) in [6.45, 7) is 4.73. The summed E-state index contributed by atoms with van der Waals surface area (Å²) in [5.41, 5.74) is 1.05. The molecule has 14 heteroatoms. The van der Waals surface area contributed by atoms with Gasteiger partial charge in [0.2, 0.25) is 0 Å². The minimum Gasteiger partial charge on any atom is -0.493 e. The van der Waals surface area contributed by atoms with Crippen molar-refractivity contribution in [3.8, 4) is 28.7 Å². The van der Waals surface area contributed by atoms with Crippen LogP contribution in [0.2, 0.25) is 0 Å². The summed E-state index contributed by atoms with van der Waals surface area (Å²) in [6.07, 6.45) is 2.15. The monoisotopic (exact) mass is 741 g/mol. The maximum absolute atomic E-state index is 15.6. The fourth-order valence-corrected chi connectivity index (χ4v) is 7.10. The van der Waals surface area contributed by atoms with Crippen LogP contribution in [0.15, 0.2) is 77.7 Å². The number of Topliss-reactive ketones (excluding diaryl/α,β-unsaturated/α-hetero) is 1. The van der Waals surface area contributed by atoms with Crippen molar-refractivity contribution >= 4 is 43.5 Å². The van der Waals surface area contributed by atoms with Gasteiger partial charge in [-0.25, -0.2) is 13.8 Å². The van der Waals surface area contributed by atoms with Crippen molar-refractivity contribution in [1.82, 2.24) is 19.4 Å². The third-order valence-corrected chi connectivity index (χ3v) is 10.1. The van der Waals surface area contributed by atoms with Crippen LogP contribution in [0.4, 0.5) is 13.9 Å².